The number of rotatable bonds is 3. The van der Waals surface area contributed by atoms with E-state index >= 15 is 0 Å². The van der Waals surface area contributed by atoms with Crippen molar-refractivity contribution < 1.29 is 0 Å². The van der Waals surface area contributed by atoms with Crippen molar-refractivity contribution in [3.05, 3.63) is 76.9 Å². The van der Waals surface area contributed by atoms with Gasteiger partial charge in [0.15, 0.2) is 0 Å². The molecular weight excluding hydrogens is 268 g/mol. The minimum atomic E-state index is -0.0435. The van der Waals surface area contributed by atoms with E-state index in [4.69, 9.17) is 17.3 Å². The Morgan fingerprint density at radius 3 is 2.80 bits per heavy atom. The molecule has 0 saturated heterocycles. The van der Waals surface area contributed by atoms with Crippen LogP contribution in [-0.2, 0) is 6.42 Å². The molecule has 100 valence electrons. The highest BCUT2D eigenvalue weighted by atomic mass is 35.5. The lowest BCUT2D eigenvalue weighted by atomic mass is 9.98. The van der Waals surface area contributed by atoms with Crippen molar-refractivity contribution in [1.82, 2.24) is 4.98 Å². The molecule has 1 heterocycles. The molecule has 2 N–H and O–H groups in total. The van der Waals surface area contributed by atoms with Gasteiger partial charge in [-0.2, -0.15) is 0 Å². The summed E-state index contributed by atoms with van der Waals surface area (Å²) in [5.41, 5.74) is 9.56. The van der Waals surface area contributed by atoms with Crippen LogP contribution in [0.25, 0.3) is 10.9 Å². The van der Waals surface area contributed by atoms with Gasteiger partial charge < -0.3 is 5.73 Å². The van der Waals surface area contributed by atoms with E-state index in [0.717, 1.165) is 33.5 Å². The highest BCUT2D eigenvalue weighted by Gasteiger charge is 2.08. The van der Waals surface area contributed by atoms with E-state index in [1.54, 1.807) is 6.20 Å². The monoisotopic (exact) mass is 282 g/mol. The van der Waals surface area contributed by atoms with Crippen LogP contribution in [0.15, 0.2) is 60.8 Å². The van der Waals surface area contributed by atoms with Crippen molar-refractivity contribution in [2.75, 3.05) is 0 Å². The summed E-state index contributed by atoms with van der Waals surface area (Å²) in [6.45, 7) is 0. The van der Waals surface area contributed by atoms with Crippen molar-refractivity contribution in [3.63, 3.8) is 0 Å². The molecule has 0 fully saturated rings. The Hall–Kier alpha value is -1.90. The number of nitrogens with two attached hydrogens (primary N) is 1. The molecule has 1 atom stereocenters. The molecule has 0 saturated carbocycles. The lowest BCUT2D eigenvalue weighted by Gasteiger charge is -2.13. The molecule has 3 rings (SSSR count). The average Bonchev–Trinajstić information content (AvgIpc) is 2.47. The number of hydrogen-bond acceptors (Lipinski definition) is 2. The molecule has 0 aliphatic carbocycles. The van der Waals surface area contributed by atoms with Crippen molar-refractivity contribution in [1.29, 1.82) is 0 Å². The zero-order valence-corrected chi connectivity index (χ0v) is 11.7. The number of pyridine rings is 1. The Bertz CT molecular complexity index is 740. The van der Waals surface area contributed by atoms with Crippen LogP contribution in [0.3, 0.4) is 0 Å². The highest BCUT2D eigenvalue weighted by molar-refractivity contribution is 6.30. The van der Waals surface area contributed by atoms with Gasteiger partial charge in [-0.15, -0.1) is 0 Å². The molecule has 0 bridgehead atoms. The second-order valence-corrected chi connectivity index (χ2v) is 5.33. The predicted molar refractivity (Wildman–Crippen MR) is 83.8 cm³/mol. The summed E-state index contributed by atoms with van der Waals surface area (Å²) in [6.07, 6.45) is 2.57. The summed E-state index contributed by atoms with van der Waals surface area (Å²) in [4.78, 5) is 4.32. The van der Waals surface area contributed by atoms with Crippen molar-refractivity contribution in [2.45, 2.75) is 12.5 Å². The first-order valence-electron chi connectivity index (χ1n) is 6.57. The topological polar surface area (TPSA) is 38.9 Å². The first-order chi connectivity index (χ1) is 9.72. The van der Waals surface area contributed by atoms with Gasteiger partial charge in [-0.3, -0.25) is 4.98 Å². The van der Waals surface area contributed by atoms with E-state index in [9.17, 15) is 0 Å². The Labute approximate surface area is 123 Å². The fraction of sp³-hybridized carbons (Fsp3) is 0.118. The molecule has 3 aromatic rings. The third kappa shape index (κ3) is 2.82. The normalized spacial score (nSPS) is 12.5. The van der Waals surface area contributed by atoms with Crippen molar-refractivity contribution in [2.24, 2.45) is 5.73 Å². The lowest BCUT2D eigenvalue weighted by Crippen LogP contribution is -2.13. The summed E-state index contributed by atoms with van der Waals surface area (Å²) in [5.74, 6) is 0. The second kappa shape index (κ2) is 5.61. The molecule has 1 unspecified atom stereocenters. The highest BCUT2D eigenvalue weighted by Crippen LogP contribution is 2.21. The van der Waals surface area contributed by atoms with Gasteiger partial charge in [0.2, 0.25) is 0 Å². The number of benzene rings is 2. The van der Waals surface area contributed by atoms with Gasteiger partial charge in [-0.25, -0.2) is 0 Å². The molecule has 0 spiro atoms. The fourth-order valence-electron chi connectivity index (χ4n) is 2.36. The molecule has 2 nitrogen and oxygen atoms in total. The van der Waals surface area contributed by atoms with Crippen LogP contribution in [0.5, 0.6) is 0 Å². The van der Waals surface area contributed by atoms with Crippen LogP contribution in [0.2, 0.25) is 5.02 Å². The van der Waals surface area contributed by atoms with Crippen LogP contribution < -0.4 is 5.73 Å². The second-order valence-electron chi connectivity index (χ2n) is 4.90. The van der Waals surface area contributed by atoms with Gasteiger partial charge in [0.1, 0.15) is 0 Å². The Morgan fingerprint density at radius 1 is 1.05 bits per heavy atom. The summed E-state index contributed by atoms with van der Waals surface area (Å²) < 4.78 is 0. The van der Waals surface area contributed by atoms with Crippen LogP contribution in [0.4, 0.5) is 0 Å². The fourth-order valence-corrected chi connectivity index (χ4v) is 2.57. The zero-order valence-electron chi connectivity index (χ0n) is 11.0. The van der Waals surface area contributed by atoms with Gasteiger partial charge in [0, 0.05) is 22.6 Å². The van der Waals surface area contributed by atoms with E-state index in [1.807, 2.05) is 42.5 Å². The minimum absolute atomic E-state index is 0.0435. The molecule has 1 aromatic heterocycles. The largest absolute Gasteiger partial charge is 0.324 e. The van der Waals surface area contributed by atoms with Crippen LogP contribution in [0, 0.1) is 0 Å². The molecular formula is C17H15ClN2. The molecule has 3 heteroatoms. The zero-order chi connectivity index (χ0) is 13.9. The third-order valence-electron chi connectivity index (χ3n) is 3.40. The summed E-state index contributed by atoms with van der Waals surface area (Å²) >= 11 is 6.00. The third-order valence-corrected chi connectivity index (χ3v) is 3.63. The van der Waals surface area contributed by atoms with Crippen LogP contribution in [0.1, 0.15) is 17.2 Å². The summed E-state index contributed by atoms with van der Waals surface area (Å²) in [6, 6.07) is 18.0. The molecule has 0 aliphatic rings. The first kappa shape index (κ1) is 13.1. The number of fused-ring (bicyclic) bond motifs is 1. The molecule has 0 aliphatic heterocycles. The van der Waals surface area contributed by atoms with Gasteiger partial charge in [0.25, 0.3) is 0 Å². The van der Waals surface area contributed by atoms with Gasteiger partial charge >= 0.3 is 0 Å². The smallest absolute Gasteiger partial charge is 0.0702 e. The lowest BCUT2D eigenvalue weighted by molar-refractivity contribution is 0.723. The molecule has 2 aromatic carbocycles. The van der Waals surface area contributed by atoms with E-state index in [0.29, 0.717) is 0 Å². The van der Waals surface area contributed by atoms with E-state index < -0.39 is 0 Å². The molecule has 20 heavy (non-hydrogen) atoms. The maximum Gasteiger partial charge on any atom is 0.0702 e. The van der Waals surface area contributed by atoms with Gasteiger partial charge in [-0.05, 0) is 47.9 Å². The van der Waals surface area contributed by atoms with Crippen LogP contribution >= 0.6 is 11.6 Å². The van der Waals surface area contributed by atoms with Crippen LogP contribution in [-0.4, -0.2) is 4.98 Å². The maximum atomic E-state index is 6.30. The standard InChI is InChI=1S/C17H15ClN2/c18-15-5-1-3-12(9-15)10-16(19)13-6-7-17-14(11-13)4-2-8-20-17/h1-9,11,16H,10,19H2. The van der Waals surface area contributed by atoms with E-state index in [1.165, 1.54) is 0 Å². The molecule has 0 amide bonds. The van der Waals surface area contributed by atoms with Gasteiger partial charge in [0.05, 0.1) is 5.52 Å². The number of halogens is 1. The minimum Gasteiger partial charge on any atom is -0.324 e. The SMILES string of the molecule is NC(Cc1cccc(Cl)c1)c1ccc2ncccc2c1. The summed E-state index contributed by atoms with van der Waals surface area (Å²) in [7, 11) is 0. The average molecular weight is 283 g/mol. The quantitative estimate of drug-likeness (QED) is 0.784. The van der Waals surface area contributed by atoms with E-state index in [-0.39, 0.29) is 6.04 Å². The Balaban J connectivity index is 1.86. The summed E-state index contributed by atoms with van der Waals surface area (Å²) in [5, 5.41) is 1.86. The first-order valence-corrected chi connectivity index (χ1v) is 6.95. The number of aromatic nitrogens is 1. The molecule has 0 radical (unpaired) electrons. The van der Waals surface area contributed by atoms with Crippen molar-refractivity contribution >= 4 is 22.5 Å². The maximum absolute atomic E-state index is 6.30. The van der Waals surface area contributed by atoms with E-state index in [2.05, 4.69) is 17.1 Å². The van der Waals surface area contributed by atoms with Gasteiger partial charge in [-0.1, -0.05) is 35.9 Å². The Morgan fingerprint density at radius 2 is 1.95 bits per heavy atom. The van der Waals surface area contributed by atoms with Crippen molar-refractivity contribution in [3.8, 4) is 0 Å². The number of nitrogens with zero attached hydrogens (tertiary/aromatic N) is 1. The number of hydrogen-bond donors (Lipinski definition) is 1. The Kier molecular flexibility index (Phi) is 3.68. The predicted octanol–water partition coefficient (Wildman–Crippen LogP) is 4.13.